The quantitative estimate of drug-likeness (QED) is 0.433. The van der Waals surface area contributed by atoms with Crippen molar-refractivity contribution in [2.24, 2.45) is 11.8 Å². The molecule has 0 radical (unpaired) electrons. The minimum atomic E-state index is -0.213. The van der Waals surface area contributed by atoms with Crippen LogP contribution < -0.4 is 0 Å². The summed E-state index contributed by atoms with van der Waals surface area (Å²) >= 11 is 12.4. The van der Waals surface area contributed by atoms with Gasteiger partial charge in [0, 0.05) is 5.92 Å². The van der Waals surface area contributed by atoms with Crippen LogP contribution in [0, 0.1) is 11.8 Å². The Morgan fingerprint density at radius 3 is 2.71 bits per heavy atom. The molecule has 0 saturated carbocycles. The minimum Gasteiger partial charge on any atom is -0.393 e. The van der Waals surface area contributed by atoms with Crippen molar-refractivity contribution in [3.8, 4) is 0 Å². The second kappa shape index (κ2) is 7.32. The summed E-state index contributed by atoms with van der Waals surface area (Å²) in [6.07, 6.45) is 3.96. The summed E-state index contributed by atoms with van der Waals surface area (Å²) in [5, 5.41) is 9.42. The number of thiol groups is 1. The Balaban J connectivity index is 2.26. The highest BCUT2D eigenvalue weighted by Gasteiger charge is 2.32. The third-order valence-electron chi connectivity index (χ3n) is 3.58. The molecule has 0 aromatic rings. The van der Waals surface area contributed by atoms with Gasteiger partial charge < -0.3 is 5.11 Å². The highest BCUT2D eigenvalue weighted by molar-refractivity contribution is 8.11. The number of rotatable bonds is 6. The van der Waals surface area contributed by atoms with Gasteiger partial charge in [-0.15, -0.1) is 23.4 Å². The van der Waals surface area contributed by atoms with Crippen molar-refractivity contribution in [1.29, 1.82) is 0 Å². The van der Waals surface area contributed by atoms with E-state index < -0.39 is 0 Å². The lowest BCUT2D eigenvalue weighted by Gasteiger charge is -2.18. The topological polar surface area (TPSA) is 20.2 Å². The lowest BCUT2D eigenvalue weighted by Crippen LogP contribution is -2.13. The number of aliphatic hydroxyl groups is 1. The molecule has 1 rings (SSSR count). The summed E-state index contributed by atoms with van der Waals surface area (Å²) < 4.78 is 0.495. The number of aliphatic hydroxyl groups excluding tert-OH is 1. The molecule has 0 aromatic carbocycles. The number of thioether (sulfide) groups is 1. The van der Waals surface area contributed by atoms with Crippen LogP contribution in [0.1, 0.15) is 39.5 Å². The first-order valence-corrected chi connectivity index (χ1v) is 8.14. The Kier molecular flexibility index (Phi) is 6.78. The van der Waals surface area contributed by atoms with Gasteiger partial charge >= 0.3 is 0 Å². The highest BCUT2D eigenvalue weighted by Crippen LogP contribution is 2.46. The third-order valence-corrected chi connectivity index (χ3v) is 5.88. The minimum absolute atomic E-state index is 0.190. The first kappa shape index (κ1) is 15.7. The van der Waals surface area contributed by atoms with Crippen molar-refractivity contribution in [3.05, 3.63) is 12.2 Å². The van der Waals surface area contributed by atoms with Crippen LogP contribution in [-0.2, 0) is 0 Å². The first-order chi connectivity index (χ1) is 7.91. The van der Waals surface area contributed by atoms with Crippen LogP contribution in [0.5, 0.6) is 0 Å². The van der Waals surface area contributed by atoms with Gasteiger partial charge in [0.25, 0.3) is 0 Å². The van der Waals surface area contributed by atoms with Crippen LogP contribution in [0.3, 0.4) is 0 Å². The number of halogens is 1. The maximum Gasteiger partial charge on any atom is 0.0806 e. The maximum atomic E-state index is 9.42. The SMILES string of the molecule is C=C(CCCC(C)C(C)O)C1CC(Cl)SC1S. The third kappa shape index (κ3) is 5.06. The first-order valence-electron chi connectivity index (χ1n) is 6.25. The Hall–Kier alpha value is 0.690. The molecular weight excluding hydrogens is 272 g/mol. The van der Waals surface area contributed by atoms with E-state index >= 15 is 0 Å². The Morgan fingerprint density at radius 2 is 2.24 bits per heavy atom. The van der Waals surface area contributed by atoms with Crippen molar-refractivity contribution in [2.75, 3.05) is 0 Å². The molecule has 5 unspecified atom stereocenters. The molecule has 1 nitrogen and oxygen atoms in total. The predicted octanol–water partition coefficient (Wildman–Crippen LogP) is 4.30. The fourth-order valence-electron chi connectivity index (χ4n) is 2.06. The number of allylic oxidation sites excluding steroid dienone is 1. The smallest absolute Gasteiger partial charge is 0.0806 e. The van der Waals surface area contributed by atoms with E-state index in [1.807, 2.05) is 6.92 Å². The normalized spacial score (nSPS) is 32.4. The summed E-state index contributed by atoms with van der Waals surface area (Å²) in [7, 11) is 0. The van der Waals surface area contributed by atoms with E-state index in [0.717, 1.165) is 25.7 Å². The average molecular weight is 295 g/mol. The number of hydrogen-bond donors (Lipinski definition) is 2. The van der Waals surface area contributed by atoms with Crippen LogP contribution in [0.2, 0.25) is 0 Å². The molecule has 1 saturated heterocycles. The van der Waals surface area contributed by atoms with Gasteiger partial charge in [-0.1, -0.05) is 19.1 Å². The fourth-order valence-corrected chi connectivity index (χ4v) is 4.69. The molecule has 0 aliphatic carbocycles. The van der Waals surface area contributed by atoms with Crippen molar-refractivity contribution in [1.82, 2.24) is 0 Å². The van der Waals surface area contributed by atoms with Crippen LogP contribution in [0.15, 0.2) is 12.2 Å². The van der Waals surface area contributed by atoms with E-state index in [2.05, 4.69) is 26.1 Å². The van der Waals surface area contributed by atoms with E-state index in [4.69, 9.17) is 11.6 Å². The second-order valence-electron chi connectivity index (χ2n) is 5.05. The van der Waals surface area contributed by atoms with Crippen LogP contribution in [0.25, 0.3) is 0 Å². The Labute approximate surface area is 120 Å². The predicted molar refractivity (Wildman–Crippen MR) is 81.9 cm³/mol. The van der Waals surface area contributed by atoms with Gasteiger partial charge in [-0.25, -0.2) is 0 Å². The van der Waals surface area contributed by atoms with Gasteiger partial charge in [-0.05, 0) is 38.5 Å². The molecular formula is C13H23ClOS2. The van der Waals surface area contributed by atoms with Crippen molar-refractivity contribution < 1.29 is 5.11 Å². The summed E-state index contributed by atoms with van der Waals surface area (Å²) in [5.41, 5.74) is 1.28. The van der Waals surface area contributed by atoms with Gasteiger partial charge in [0.2, 0.25) is 0 Å². The zero-order valence-corrected chi connectivity index (χ0v) is 13.1. The molecule has 0 aromatic heterocycles. The molecule has 1 N–H and O–H groups in total. The fraction of sp³-hybridized carbons (Fsp3) is 0.846. The largest absolute Gasteiger partial charge is 0.393 e. The maximum absolute atomic E-state index is 9.42. The second-order valence-corrected chi connectivity index (χ2v) is 8.09. The van der Waals surface area contributed by atoms with Gasteiger partial charge in [0.05, 0.1) is 15.4 Å². The lowest BCUT2D eigenvalue weighted by atomic mass is 9.92. The number of alkyl halides is 1. The molecule has 17 heavy (non-hydrogen) atoms. The molecule has 4 heteroatoms. The summed E-state index contributed by atoms with van der Waals surface area (Å²) in [4.78, 5) is 0. The molecule has 1 heterocycles. The van der Waals surface area contributed by atoms with E-state index in [1.165, 1.54) is 5.57 Å². The van der Waals surface area contributed by atoms with E-state index in [0.29, 0.717) is 16.4 Å². The molecule has 5 atom stereocenters. The zero-order valence-electron chi connectivity index (χ0n) is 10.6. The van der Waals surface area contributed by atoms with E-state index in [9.17, 15) is 5.11 Å². The van der Waals surface area contributed by atoms with Gasteiger partial charge in [-0.3, -0.25) is 0 Å². The lowest BCUT2D eigenvalue weighted by molar-refractivity contribution is 0.129. The Bertz CT molecular complexity index is 258. The van der Waals surface area contributed by atoms with Gasteiger partial charge in [0.15, 0.2) is 0 Å². The Morgan fingerprint density at radius 1 is 1.59 bits per heavy atom. The molecule has 0 bridgehead atoms. The van der Waals surface area contributed by atoms with Gasteiger partial charge in [0.1, 0.15) is 0 Å². The van der Waals surface area contributed by atoms with Crippen LogP contribution in [-0.4, -0.2) is 20.5 Å². The zero-order chi connectivity index (χ0) is 13.0. The number of hydrogen-bond acceptors (Lipinski definition) is 3. The average Bonchev–Trinajstić information content (AvgIpc) is 2.57. The van der Waals surface area contributed by atoms with E-state index in [-0.39, 0.29) is 10.8 Å². The van der Waals surface area contributed by atoms with Crippen molar-refractivity contribution in [2.45, 2.75) is 54.9 Å². The standard InChI is InChI=1S/C13H23ClOS2/c1-8(10(3)15)5-4-6-9(2)11-7-12(14)17-13(11)16/h8,10-13,15-16H,2,4-7H2,1,3H3. The van der Waals surface area contributed by atoms with E-state index in [1.54, 1.807) is 11.8 Å². The van der Waals surface area contributed by atoms with Crippen molar-refractivity contribution in [3.63, 3.8) is 0 Å². The van der Waals surface area contributed by atoms with Gasteiger partial charge in [-0.2, -0.15) is 12.6 Å². The van der Waals surface area contributed by atoms with Crippen molar-refractivity contribution >= 4 is 36.0 Å². The molecule has 0 spiro atoms. The molecule has 100 valence electrons. The molecule has 1 fully saturated rings. The molecule has 1 aliphatic rings. The monoisotopic (exact) mass is 294 g/mol. The molecule has 0 amide bonds. The van der Waals surface area contributed by atoms with Crippen LogP contribution >= 0.6 is 36.0 Å². The summed E-state index contributed by atoms with van der Waals surface area (Å²) in [5.74, 6) is 0.820. The molecule has 1 aliphatic heterocycles. The highest BCUT2D eigenvalue weighted by atomic mass is 35.5. The summed E-state index contributed by atoms with van der Waals surface area (Å²) in [6, 6.07) is 0. The summed E-state index contributed by atoms with van der Waals surface area (Å²) in [6.45, 7) is 8.13. The van der Waals surface area contributed by atoms with Crippen LogP contribution in [0.4, 0.5) is 0 Å².